The van der Waals surface area contributed by atoms with Gasteiger partial charge in [0, 0.05) is 30.8 Å². The third-order valence-corrected chi connectivity index (χ3v) is 4.25. The Labute approximate surface area is 137 Å². The maximum absolute atomic E-state index is 14.5. The fourth-order valence-corrected chi connectivity index (χ4v) is 3.07. The van der Waals surface area contributed by atoms with Crippen LogP contribution in [0.4, 0.5) is 4.39 Å². The van der Waals surface area contributed by atoms with Crippen molar-refractivity contribution in [3.05, 3.63) is 65.5 Å². The van der Waals surface area contributed by atoms with E-state index in [2.05, 4.69) is 23.9 Å². The van der Waals surface area contributed by atoms with E-state index in [4.69, 9.17) is 4.74 Å². The van der Waals surface area contributed by atoms with Crippen molar-refractivity contribution >= 4 is 0 Å². The molecule has 1 atom stereocenters. The van der Waals surface area contributed by atoms with E-state index < -0.39 is 0 Å². The number of para-hydroxylation sites is 1. The number of benzene rings is 2. The van der Waals surface area contributed by atoms with E-state index in [1.54, 1.807) is 6.07 Å². The van der Waals surface area contributed by atoms with Crippen LogP contribution in [0.25, 0.3) is 0 Å². The third kappa shape index (κ3) is 3.54. The predicted octanol–water partition coefficient (Wildman–Crippen LogP) is 3.17. The van der Waals surface area contributed by atoms with Gasteiger partial charge in [0.1, 0.15) is 18.2 Å². The summed E-state index contributed by atoms with van der Waals surface area (Å²) in [7, 11) is 4.11. The van der Waals surface area contributed by atoms with E-state index in [-0.39, 0.29) is 11.9 Å². The molecule has 4 heteroatoms. The van der Waals surface area contributed by atoms with Crippen LogP contribution in [0.5, 0.6) is 5.75 Å². The molecule has 0 bridgehead atoms. The van der Waals surface area contributed by atoms with Gasteiger partial charge in [0.2, 0.25) is 0 Å². The van der Waals surface area contributed by atoms with Crippen LogP contribution in [-0.4, -0.2) is 50.1 Å². The van der Waals surface area contributed by atoms with Crippen LogP contribution in [0.2, 0.25) is 0 Å². The molecule has 0 N–H and O–H groups in total. The summed E-state index contributed by atoms with van der Waals surface area (Å²) in [6.45, 7) is 3.19. The standard InChI is InChI=1S/C19H23FN2O/c1-21(2)11-12-22-13-14-23-18-10-6-4-8-16(18)19(22)15-7-3-5-9-17(15)20/h3-10,19H,11-14H2,1-2H3. The summed E-state index contributed by atoms with van der Waals surface area (Å²) in [5.41, 5.74) is 1.75. The molecule has 0 spiro atoms. The minimum absolute atomic E-state index is 0.116. The quantitative estimate of drug-likeness (QED) is 0.862. The molecule has 1 aliphatic rings. The molecule has 2 aromatic carbocycles. The molecule has 2 aromatic rings. The second-order valence-corrected chi connectivity index (χ2v) is 6.15. The first-order valence-electron chi connectivity index (χ1n) is 8.02. The van der Waals surface area contributed by atoms with Gasteiger partial charge in [-0.2, -0.15) is 0 Å². The van der Waals surface area contributed by atoms with Crippen molar-refractivity contribution in [2.45, 2.75) is 6.04 Å². The molecule has 1 unspecified atom stereocenters. The van der Waals surface area contributed by atoms with Gasteiger partial charge in [-0.25, -0.2) is 4.39 Å². The molecule has 0 saturated heterocycles. The van der Waals surface area contributed by atoms with Crippen LogP contribution in [0.1, 0.15) is 17.2 Å². The molecule has 0 aliphatic carbocycles. The van der Waals surface area contributed by atoms with E-state index in [1.807, 2.05) is 36.4 Å². The number of likely N-dealkylation sites (N-methyl/N-ethyl adjacent to an activating group) is 1. The van der Waals surface area contributed by atoms with Crippen LogP contribution in [0.15, 0.2) is 48.5 Å². The fraction of sp³-hybridized carbons (Fsp3) is 0.368. The lowest BCUT2D eigenvalue weighted by Crippen LogP contribution is -2.37. The van der Waals surface area contributed by atoms with Crippen LogP contribution in [0, 0.1) is 5.82 Å². The Morgan fingerprint density at radius 2 is 1.78 bits per heavy atom. The molecule has 3 rings (SSSR count). The first kappa shape index (κ1) is 16.0. The minimum Gasteiger partial charge on any atom is -0.492 e. The van der Waals surface area contributed by atoms with Crippen molar-refractivity contribution in [2.75, 3.05) is 40.3 Å². The van der Waals surface area contributed by atoms with E-state index in [1.165, 1.54) is 6.07 Å². The zero-order chi connectivity index (χ0) is 16.2. The van der Waals surface area contributed by atoms with E-state index >= 15 is 0 Å². The van der Waals surface area contributed by atoms with E-state index in [0.717, 1.165) is 30.9 Å². The third-order valence-electron chi connectivity index (χ3n) is 4.25. The highest BCUT2D eigenvalue weighted by molar-refractivity contribution is 5.42. The normalized spacial score (nSPS) is 18.3. The molecule has 0 saturated carbocycles. The topological polar surface area (TPSA) is 15.7 Å². The Morgan fingerprint density at radius 1 is 1.09 bits per heavy atom. The van der Waals surface area contributed by atoms with Gasteiger partial charge >= 0.3 is 0 Å². The molecule has 0 fully saturated rings. The largest absolute Gasteiger partial charge is 0.492 e. The van der Waals surface area contributed by atoms with E-state index in [9.17, 15) is 4.39 Å². The Bertz CT molecular complexity index is 659. The maximum atomic E-state index is 14.5. The number of halogens is 1. The smallest absolute Gasteiger partial charge is 0.128 e. The monoisotopic (exact) mass is 314 g/mol. The Hall–Kier alpha value is -1.91. The van der Waals surface area contributed by atoms with Crippen molar-refractivity contribution in [3.8, 4) is 5.75 Å². The van der Waals surface area contributed by atoms with Crippen molar-refractivity contribution in [3.63, 3.8) is 0 Å². The molecule has 3 nitrogen and oxygen atoms in total. The number of hydrogen-bond acceptors (Lipinski definition) is 3. The lowest BCUT2D eigenvalue weighted by atomic mass is 9.96. The molecule has 0 radical (unpaired) electrons. The Balaban J connectivity index is 2.04. The van der Waals surface area contributed by atoms with Crippen molar-refractivity contribution in [2.24, 2.45) is 0 Å². The van der Waals surface area contributed by atoms with Crippen LogP contribution in [0.3, 0.4) is 0 Å². The van der Waals surface area contributed by atoms with Gasteiger partial charge in [0.05, 0.1) is 6.04 Å². The summed E-state index contributed by atoms with van der Waals surface area (Å²) in [6.07, 6.45) is 0. The SMILES string of the molecule is CN(C)CCN1CCOc2ccccc2C1c1ccccc1F. The molecular weight excluding hydrogens is 291 g/mol. The molecule has 23 heavy (non-hydrogen) atoms. The van der Waals surface area contributed by atoms with Crippen LogP contribution >= 0.6 is 0 Å². The highest BCUT2D eigenvalue weighted by Gasteiger charge is 2.29. The molecule has 0 aromatic heterocycles. The first-order valence-corrected chi connectivity index (χ1v) is 8.02. The average molecular weight is 314 g/mol. The highest BCUT2D eigenvalue weighted by atomic mass is 19.1. The van der Waals surface area contributed by atoms with Gasteiger partial charge in [-0.05, 0) is 26.2 Å². The lowest BCUT2D eigenvalue weighted by Gasteiger charge is -2.31. The molecule has 0 amide bonds. The summed E-state index contributed by atoms with van der Waals surface area (Å²) in [6, 6.07) is 14.9. The number of nitrogens with zero attached hydrogens (tertiary/aromatic N) is 2. The predicted molar refractivity (Wildman–Crippen MR) is 90.3 cm³/mol. The summed E-state index contributed by atoms with van der Waals surface area (Å²) in [5.74, 6) is 0.692. The zero-order valence-electron chi connectivity index (χ0n) is 13.7. The van der Waals surface area contributed by atoms with Gasteiger partial charge in [0.25, 0.3) is 0 Å². The second kappa shape index (κ2) is 7.11. The Morgan fingerprint density at radius 3 is 2.52 bits per heavy atom. The summed E-state index contributed by atoms with van der Waals surface area (Å²) >= 11 is 0. The van der Waals surface area contributed by atoms with Crippen molar-refractivity contribution in [1.82, 2.24) is 9.80 Å². The zero-order valence-corrected chi connectivity index (χ0v) is 13.7. The first-order chi connectivity index (χ1) is 11.2. The fourth-order valence-electron chi connectivity index (χ4n) is 3.07. The number of rotatable bonds is 4. The lowest BCUT2D eigenvalue weighted by molar-refractivity contribution is 0.183. The molecular formula is C19H23FN2O. The Kier molecular flexibility index (Phi) is 4.94. The van der Waals surface area contributed by atoms with Gasteiger partial charge in [-0.15, -0.1) is 0 Å². The van der Waals surface area contributed by atoms with Crippen LogP contribution < -0.4 is 4.74 Å². The van der Waals surface area contributed by atoms with Gasteiger partial charge in [-0.3, -0.25) is 4.90 Å². The van der Waals surface area contributed by atoms with Crippen LogP contribution in [-0.2, 0) is 0 Å². The van der Waals surface area contributed by atoms with Crippen molar-refractivity contribution < 1.29 is 9.13 Å². The average Bonchev–Trinajstić information content (AvgIpc) is 2.72. The number of fused-ring (bicyclic) bond motifs is 1. The van der Waals surface area contributed by atoms with Gasteiger partial charge in [-0.1, -0.05) is 36.4 Å². The minimum atomic E-state index is -0.163. The van der Waals surface area contributed by atoms with Gasteiger partial charge in [0.15, 0.2) is 0 Å². The number of hydrogen-bond donors (Lipinski definition) is 0. The molecule has 1 heterocycles. The number of ether oxygens (including phenoxy) is 1. The van der Waals surface area contributed by atoms with E-state index in [0.29, 0.717) is 12.2 Å². The summed E-state index contributed by atoms with van der Waals surface area (Å²) in [4.78, 5) is 4.46. The van der Waals surface area contributed by atoms with Gasteiger partial charge < -0.3 is 9.64 Å². The molecule has 1 aliphatic heterocycles. The molecule has 122 valence electrons. The summed E-state index contributed by atoms with van der Waals surface area (Å²) in [5, 5.41) is 0. The highest BCUT2D eigenvalue weighted by Crippen LogP contribution is 2.37. The maximum Gasteiger partial charge on any atom is 0.128 e. The van der Waals surface area contributed by atoms with Crippen molar-refractivity contribution in [1.29, 1.82) is 0 Å². The second-order valence-electron chi connectivity index (χ2n) is 6.15. The summed E-state index contributed by atoms with van der Waals surface area (Å²) < 4.78 is 20.4.